The van der Waals surface area contributed by atoms with Crippen molar-refractivity contribution in [1.82, 2.24) is 5.43 Å². The van der Waals surface area contributed by atoms with Crippen LogP contribution in [0.4, 0.5) is 10.1 Å². The van der Waals surface area contributed by atoms with E-state index in [0.717, 1.165) is 11.3 Å². The monoisotopic (exact) mass is 367 g/mol. The molecule has 2 N–H and O–H groups in total. The standard InChI is InChI=1S/C22H26FN3O/c1-16(17-11-13-19(14-12-17)18-7-3-2-4-8-18)25-26-22(27)15-24-21-10-6-5-9-20(21)23/h5-6,9-14,18,24H,2-4,7-8,15H2,1H3,(H,26,27)/b25-16+. The molecular weight excluding hydrogens is 341 g/mol. The molecule has 1 saturated carbocycles. The Bertz CT molecular complexity index is 795. The number of carbonyl (C=O) groups excluding carboxylic acids is 1. The van der Waals surface area contributed by atoms with Crippen LogP contribution >= 0.6 is 0 Å². The molecule has 5 heteroatoms. The fraction of sp³-hybridized carbons (Fsp3) is 0.364. The lowest BCUT2D eigenvalue weighted by Crippen LogP contribution is -2.27. The van der Waals surface area contributed by atoms with Gasteiger partial charge >= 0.3 is 0 Å². The zero-order valence-corrected chi connectivity index (χ0v) is 15.7. The van der Waals surface area contributed by atoms with Crippen LogP contribution in [0.15, 0.2) is 53.6 Å². The van der Waals surface area contributed by atoms with Crippen molar-refractivity contribution in [3.63, 3.8) is 0 Å². The van der Waals surface area contributed by atoms with Crippen LogP contribution in [0.2, 0.25) is 0 Å². The van der Waals surface area contributed by atoms with Gasteiger partial charge in [0.05, 0.1) is 17.9 Å². The van der Waals surface area contributed by atoms with Gasteiger partial charge in [-0.15, -0.1) is 0 Å². The third-order valence-corrected chi connectivity index (χ3v) is 5.07. The summed E-state index contributed by atoms with van der Waals surface area (Å²) in [4.78, 5) is 11.9. The van der Waals surface area contributed by atoms with E-state index in [0.29, 0.717) is 11.6 Å². The molecule has 0 radical (unpaired) electrons. The van der Waals surface area contributed by atoms with Crippen LogP contribution in [0, 0.1) is 5.82 Å². The Balaban J connectivity index is 1.52. The minimum Gasteiger partial charge on any atom is -0.374 e. The molecule has 1 aliphatic carbocycles. The predicted octanol–water partition coefficient (Wildman–Crippen LogP) is 4.83. The summed E-state index contributed by atoms with van der Waals surface area (Å²) in [6.07, 6.45) is 6.54. The van der Waals surface area contributed by atoms with E-state index in [1.165, 1.54) is 43.7 Å². The van der Waals surface area contributed by atoms with Gasteiger partial charge in [0.25, 0.3) is 5.91 Å². The molecule has 2 aromatic carbocycles. The summed E-state index contributed by atoms with van der Waals surface area (Å²) in [6, 6.07) is 14.7. The van der Waals surface area contributed by atoms with Gasteiger partial charge in [-0.05, 0) is 48.9 Å². The number of rotatable bonds is 6. The zero-order chi connectivity index (χ0) is 19.1. The van der Waals surface area contributed by atoms with Crippen molar-refractivity contribution in [2.75, 3.05) is 11.9 Å². The third-order valence-electron chi connectivity index (χ3n) is 5.07. The lowest BCUT2D eigenvalue weighted by molar-refractivity contribution is -0.119. The van der Waals surface area contributed by atoms with Gasteiger partial charge in [0.15, 0.2) is 0 Å². The van der Waals surface area contributed by atoms with E-state index >= 15 is 0 Å². The van der Waals surface area contributed by atoms with Crippen molar-refractivity contribution in [2.24, 2.45) is 5.10 Å². The van der Waals surface area contributed by atoms with E-state index in [4.69, 9.17) is 0 Å². The Labute approximate surface area is 159 Å². The van der Waals surface area contributed by atoms with Gasteiger partial charge in [0.2, 0.25) is 0 Å². The summed E-state index contributed by atoms with van der Waals surface area (Å²) < 4.78 is 13.5. The first-order valence-corrected chi connectivity index (χ1v) is 9.55. The molecule has 1 fully saturated rings. The summed E-state index contributed by atoms with van der Waals surface area (Å²) >= 11 is 0. The highest BCUT2D eigenvalue weighted by Gasteiger charge is 2.15. The molecule has 0 saturated heterocycles. The Morgan fingerprint density at radius 1 is 1.07 bits per heavy atom. The summed E-state index contributed by atoms with van der Waals surface area (Å²) in [6.45, 7) is 1.82. The van der Waals surface area contributed by atoms with Crippen LogP contribution in [0.5, 0.6) is 0 Å². The number of anilines is 1. The van der Waals surface area contributed by atoms with Crippen molar-refractivity contribution in [1.29, 1.82) is 0 Å². The molecule has 2 aromatic rings. The number of nitrogens with one attached hydrogen (secondary N) is 2. The molecule has 0 aromatic heterocycles. The highest BCUT2D eigenvalue weighted by atomic mass is 19.1. The molecule has 4 nitrogen and oxygen atoms in total. The van der Waals surface area contributed by atoms with Crippen LogP contribution in [0.3, 0.4) is 0 Å². The fourth-order valence-electron chi connectivity index (χ4n) is 3.46. The summed E-state index contributed by atoms with van der Waals surface area (Å²) in [5.74, 6) is -0.0336. The van der Waals surface area contributed by atoms with E-state index in [-0.39, 0.29) is 18.3 Å². The van der Waals surface area contributed by atoms with E-state index in [1.54, 1.807) is 18.2 Å². The maximum atomic E-state index is 13.5. The predicted molar refractivity (Wildman–Crippen MR) is 108 cm³/mol. The van der Waals surface area contributed by atoms with Crippen molar-refractivity contribution in [3.05, 3.63) is 65.5 Å². The molecule has 0 unspecified atom stereocenters. The maximum absolute atomic E-state index is 13.5. The van der Waals surface area contributed by atoms with Crippen LogP contribution in [-0.2, 0) is 4.79 Å². The largest absolute Gasteiger partial charge is 0.374 e. The molecule has 3 rings (SSSR count). The summed E-state index contributed by atoms with van der Waals surface area (Å²) in [5, 5.41) is 6.92. The molecule has 1 aliphatic rings. The first-order valence-electron chi connectivity index (χ1n) is 9.55. The van der Waals surface area contributed by atoms with Gasteiger partial charge in [-0.25, -0.2) is 9.82 Å². The van der Waals surface area contributed by atoms with Gasteiger partial charge in [-0.1, -0.05) is 55.7 Å². The molecule has 0 heterocycles. The number of nitrogens with zero attached hydrogens (tertiary/aromatic N) is 1. The summed E-state index contributed by atoms with van der Waals surface area (Å²) in [5.41, 5.74) is 5.93. The van der Waals surface area contributed by atoms with Gasteiger partial charge in [-0.2, -0.15) is 5.10 Å². The molecule has 0 atom stereocenters. The Hall–Kier alpha value is -2.69. The average molecular weight is 367 g/mol. The minimum absolute atomic E-state index is 0.0433. The van der Waals surface area contributed by atoms with Crippen LogP contribution < -0.4 is 10.7 Å². The minimum atomic E-state index is -0.386. The van der Waals surface area contributed by atoms with Crippen LogP contribution in [-0.4, -0.2) is 18.2 Å². The first-order chi connectivity index (χ1) is 13.1. The smallest absolute Gasteiger partial charge is 0.259 e. The highest BCUT2D eigenvalue weighted by Crippen LogP contribution is 2.32. The van der Waals surface area contributed by atoms with E-state index in [2.05, 4.69) is 40.1 Å². The van der Waals surface area contributed by atoms with E-state index in [9.17, 15) is 9.18 Å². The molecule has 1 amide bonds. The SMILES string of the molecule is C/C(=N\NC(=O)CNc1ccccc1F)c1ccc(C2CCCCC2)cc1. The molecule has 0 spiro atoms. The molecular formula is C22H26FN3O. The van der Waals surface area contributed by atoms with Gasteiger partial charge < -0.3 is 5.32 Å². The summed E-state index contributed by atoms with van der Waals surface area (Å²) in [7, 11) is 0. The molecule has 142 valence electrons. The van der Waals surface area contributed by atoms with Crippen LogP contribution in [0.25, 0.3) is 0 Å². The lowest BCUT2D eigenvalue weighted by atomic mass is 9.84. The van der Waals surface area contributed by atoms with Crippen LogP contribution in [0.1, 0.15) is 56.1 Å². The van der Waals surface area contributed by atoms with Crippen molar-refractivity contribution < 1.29 is 9.18 Å². The lowest BCUT2D eigenvalue weighted by Gasteiger charge is -2.22. The number of hydrogen-bond donors (Lipinski definition) is 2. The van der Waals surface area contributed by atoms with Crippen molar-refractivity contribution in [2.45, 2.75) is 44.9 Å². The van der Waals surface area contributed by atoms with Gasteiger partial charge in [-0.3, -0.25) is 4.79 Å². The number of amides is 1. The number of halogens is 1. The number of para-hydroxylation sites is 1. The maximum Gasteiger partial charge on any atom is 0.259 e. The number of hydrogen-bond acceptors (Lipinski definition) is 3. The second-order valence-electron chi connectivity index (χ2n) is 7.02. The van der Waals surface area contributed by atoms with Crippen molar-refractivity contribution in [3.8, 4) is 0 Å². The zero-order valence-electron chi connectivity index (χ0n) is 15.7. The average Bonchev–Trinajstić information content (AvgIpc) is 2.72. The number of carbonyl (C=O) groups is 1. The molecule has 0 aliphatic heterocycles. The fourth-order valence-corrected chi connectivity index (χ4v) is 3.46. The topological polar surface area (TPSA) is 53.5 Å². The van der Waals surface area contributed by atoms with Crippen molar-refractivity contribution >= 4 is 17.3 Å². The third kappa shape index (κ3) is 5.39. The second-order valence-corrected chi connectivity index (χ2v) is 7.02. The highest BCUT2D eigenvalue weighted by molar-refractivity contribution is 5.99. The Morgan fingerprint density at radius 2 is 1.78 bits per heavy atom. The molecule has 0 bridgehead atoms. The normalized spacial score (nSPS) is 15.4. The van der Waals surface area contributed by atoms with E-state index in [1.807, 2.05) is 6.92 Å². The quantitative estimate of drug-likeness (QED) is 0.568. The first kappa shape index (κ1) is 19.1. The number of hydrazone groups is 1. The Morgan fingerprint density at radius 3 is 2.48 bits per heavy atom. The van der Waals surface area contributed by atoms with E-state index < -0.39 is 0 Å². The Kier molecular flexibility index (Phi) is 6.58. The molecule has 27 heavy (non-hydrogen) atoms. The number of benzene rings is 2. The van der Waals surface area contributed by atoms with Gasteiger partial charge in [0.1, 0.15) is 5.82 Å². The second kappa shape index (κ2) is 9.31. The van der Waals surface area contributed by atoms with Gasteiger partial charge in [0, 0.05) is 0 Å².